The fourth-order valence-corrected chi connectivity index (χ4v) is 2.52. The highest BCUT2D eigenvalue weighted by Gasteiger charge is 2.25. The number of Topliss-reactive ketones (excluding diaryl/α,β-unsaturated/α-hetero) is 1. The van der Waals surface area contributed by atoms with E-state index < -0.39 is 23.7 Å². The zero-order valence-electron chi connectivity index (χ0n) is 15.1. The lowest BCUT2D eigenvalue weighted by Gasteiger charge is -2.17. The number of unbranched alkanes of at least 4 members (excludes halogenated alkanes) is 1. The van der Waals surface area contributed by atoms with Gasteiger partial charge in [0.1, 0.15) is 12.6 Å². The molecule has 27 heavy (non-hydrogen) atoms. The Morgan fingerprint density at radius 1 is 0.926 bits per heavy atom. The van der Waals surface area contributed by atoms with Crippen LogP contribution in [0.1, 0.15) is 35.2 Å². The Labute approximate surface area is 158 Å². The molecule has 0 radical (unpaired) electrons. The zero-order chi connectivity index (χ0) is 19.5. The molecule has 0 aromatic heterocycles. The van der Waals surface area contributed by atoms with E-state index >= 15 is 0 Å². The van der Waals surface area contributed by atoms with Crippen molar-refractivity contribution in [3.05, 3.63) is 71.8 Å². The second-order valence-electron chi connectivity index (χ2n) is 6.10. The number of ether oxygens (including phenoxy) is 1. The first kappa shape index (κ1) is 20.3. The third-order valence-corrected chi connectivity index (χ3v) is 4.00. The van der Waals surface area contributed by atoms with Crippen molar-refractivity contribution < 1.29 is 19.1 Å². The van der Waals surface area contributed by atoms with Crippen LogP contribution in [-0.2, 0) is 20.9 Å². The summed E-state index contributed by atoms with van der Waals surface area (Å²) in [6.45, 7) is 0.595. The van der Waals surface area contributed by atoms with Gasteiger partial charge in [0.25, 0.3) is 5.91 Å². The number of esters is 1. The number of nitrogens with one attached hydrogen (secondary N) is 1. The van der Waals surface area contributed by atoms with Crippen molar-refractivity contribution in [1.82, 2.24) is 5.32 Å². The van der Waals surface area contributed by atoms with Gasteiger partial charge in [0.15, 0.2) is 0 Å². The Kier molecular flexibility index (Phi) is 8.19. The monoisotopic (exact) mass is 368 g/mol. The number of hydrogen-bond donors (Lipinski definition) is 2. The van der Waals surface area contributed by atoms with Crippen LogP contribution in [0.25, 0.3) is 0 Å². The van der Waals surface area contributed by atoms with Gasteiger partial charge >= 0.3 is 5.97 Å². The minimum atomic E-state index is -0.888. The molecule has 0 unspecified atom stereocenters. The van der Waals surface area contributed by atoms with E-state index in [0.29, 0.717) is 25.8 Å². The fourth-order valence-electron chi connectivity index (χ4n) is 2.52. The normalized spacial score (nSPS) is 11.4. The molecule has 0 saturated carbocycles. The predicted octanol–water partition coefficient (Wildman–Crippen LogP) is 2.23. The Morgan fingerprint density at radius 3 is 2.19 bits per heavy atom. The van der Waals surface area contributed by atoms with Crippen molar-refractivity contribution in [2.45, 2.75) is 31.9 Å². The highest BCUT2D eigenvalue weighted by molar-refractivity contribution is 6.43. The minimum absolute atomic E-state index is 0.107. The largest absolute Gasteiger partial charge is 0.459 e. The Balaban J connectivity index is 1.98. The molecule has 0 spiro atoms. The summed E-state index contributed by atoms with van der Waals surface area (Å²) < 4.78 is 5.31. The number of benzene rings is 2. The van der Waals surface area contributed by atoms with Crippen LogP contribution < -0.4 is 11.1 Å². The Morgan fingerprint density at radius 2 is 1.56 bits per heavy atom. The van der Waals surface area contributed by atoms with Crippen molar-refractivity contribution in [3.63, 3.8) is 0 Å². The molecule has 1 amide bonds. The topological polar surface area (TPSA) is 98.5 Å². The smallest absolute Gasteiger partial charge is 0.328 e. The van der Waals surface area contributed by atoms with Crippen LogP contribution in [0.4, 0.5) is 0 Å². The van der Waals surface area contributed by atoms with Crippen LogP contribution >= 0.6 is 0 Å². The van der Waals surface area contributed by atoms with E-state index in [9.17, 15) is 14.4 Å². The molecule has 142 valence electrons. The summed E-state index contributed by atoms with van der Waals surface area (Å²) in [5.41, 5.74) is 6.61. The van der Waals surface area contributed by atoms with Crippen molar-refractivity contribution >= 4 is 17.7 Å². The quantitative estimate of drug-likeness (QED) is 0.290. The molecule has 0 bridgehead atoms. The molecule has 3 N–H and O–H groups in total. The van der Waals surface area contributed by atoms with Gasteiger partial charge in [-0.25, -0.2) is 4.79 Å². The van der Waals surface area contributed by atoms with Crippen LogP contribution in [0.5, 0.6) is 0 Å². The first-order valence-corrected chi connectivity index (χ1v) is 8.92. The molecule has 2 rings (SSSR count). The third kappa shape index (κ3) is 6.67. The summed E-state index contributed by atoms with van der Waals surface area (Å²) in [6, 6.07) is 16.6. The maximum Gasteiger partial charge on any atom is 0.328 e. The van der Waals surface area contributed by atoms with Gasteiger partial charge in [-0.3, -0.25) is 9.59 Å². The van der Waals surface area contributed by atoms with Gasteiger partial charge < -0.3 is 15.8 Å². The van der Waals surface area contributed by atoms with Crippen LogP contribution in [0.2, 0.25) is 0 Å². The number of nitrogens with two attached hydrogens (primary N) is 1. The van der Waals surface area contributed by atoms with E-state index in [-0.39, 0.29) is 12.2 Å². The van der Waals surface area contributed by atoms with Gasteiger partial charge in [-0.2, -0.15) is 0 Å². The molecule has 0 fully saturated rings. The second-order valence-corrected chi connectivity index (χ2v) is 6.10. The van der Waals surface area contributed by atoms with Gasteiger partial charge in [-0.05, 0) is 31.4 Å². The minimum Gasteiger partial charge on any atom is -0.459 e. The highest BCUT2D eigenvalue weighted by atomic mass is 16.5. The molecular formula is C21H24N2O4. The van der Waals surface area contributed by atoms with Crippen LogP contribution in [0.3, 0.4) is 0 Å². The fraction of sp³-hybridized carbons (Fsp3) is 0.286. The van der Waals surface area contributed by atoms with E-state index in [1.54, 1.807) is 30.3 Å². The van der Waals surface area contributed by atoms with E-state index in [2.05, 4.69) is 5.32 Å². The molecule has 0 aliphatic rings. The summed E-state index contributed by atoms with van der Waals surface area (Å²) in [7, 11) is 0. The molecule has 6 nitrogen and oxygen atoms in total. The number of carbonyl (C=O) groups is 3. The first-order valence-electron chi connectivity index (χ1n) is 8.92. The average Bonchev–Trinajstić information content (AvgIpc) is 2.72. The lowest BCUT2D eigenvalue weighted by atomic mass is 10.1. The molecule has 2 aromatic rings. The summed E-state index contributed by atoms with van der Waals surface area (Å²) in [6.07, 6.45) is 1.71. The number of rotatable bonds is 10. The van der Waals surface area contributed by atoms with E-state index in [0.717, 1.165) is 5.56 Å². The van der Waals surface area contributed by atoms with Crippen molar-refractivity contribution in [1.29, 1.82) is 0 Å². The van der Waals surface area contributed by atoms with Crippen molar-refractivity contribution in [2.75, 3.05) is 6.54 Å². The standard InChI is InChI=1S/C21H24N2O4/c22-14-8-7-13-18(21(26)27-15-16-9-3-1-4-10-16)23-20(25)19(24)17-11-5-2-6-12-17/h1-6,9-12,18H,7-8,13-15,22H2,(H,23,25)/t18-/m0/s1. The van der Waals surface area contributed by atoms with E-state index in [1.807, 2.05) is 30.3 Å². The number of hydrogen-bond acceptors (Lipinski definition) is 5. The Hall–Kier alpha value is -2.99. The molecule has 2 aromatic carbocycles. The summed E-state index contributed by atoms with van der Waals surface area (Å²) in [5.74, 6) is -2.07. The van der Waals surface area contributed by atoms with Crippen LogP contribution in [0, 0.1) is 0 Å². The average molecular weight is 368 g/mol. The van der Waals surface area contributed by atoms with Gasteiger partial charge in [-0.15, -0.1) is 0 Å². The number of amides is 1. The molecule has 1 atom stereocenters. The van der Waals surface area contributed by atoms with Crippen molar-refractivity contribution in [2.24, 2.45) is 5.73 Å². The van der Waals surface area contributed by atoms with Gasteiger partial charge in [0.05, 0.1) is 0 Å². The SMILES string of the molecule is NCCCC[C@H](NC(=O)C(=O)c1ccccc1)C(=O)OCc1ccccc1. The molecular weight excluding hydrogens is 344 g/mol. The molecule has 0 heterocycles. The van der Waals surface area contributed by atoms with Gasteiger partial charge in [-0.1, -0.05) is 60.7 Å². The third-order valence-electron chi connectivity index (χ3n) is 4.00. The molecule has 0 aliphatic carbocycles. The van der Waals surface area contributed by atoms with Crippen molar-refractivity contribution in [3.8, 4) is 0 Å². The molecule has 6 heteroatoms. The van der Waals surface area contributed by atoms with Crippen LogP contribution in [0.15, 0.2) is 60.7 Å². The maximum atomic E-state index is 12.4. The summed E-state index contributed by atoms with van der Waals surface area (Å²) in [4.78, 5) is 36.9. The number of ketones is 1. The second kappa shape index (κ2) is 10.9. The predicted molar refractivity (Wildman–Crippen MR) is 102 cm³/mol. The van der Waals surface area contributed by atoms with Crippen LogP contribution in [-0.4, -0.2) is 30.2 Å². The maximum absolute atomic E-state index is 12.4. The highest BCUT2D eigenvalue weighted by Crippen LogP contribution is 2.08. The molecule has 0 aliphatic heterocycles. The summed E-state index contributed by atoms with van der Waals surface area (Å²) >= 11 is 0. The lowest BCUT2D eigenvalue weighted by Crippen LogP contribution is -2.44. The Bertz CT molecular complexity index is 747. The summed E-state index contributed by atoms with van der Waals surface area (Å²) in [5, 5.41) is 2.51. The van der Waals surface area contributed by atoms with Gasteiger partial charge in [0, 0.05) is 5.56 Å². The number of carbonyl (C=O) groups excluding carboxylic acids is 3. The first-order chi connectivity index (χ1) is 13.1. The van der Waals surface area contributed by atoms with E-state index in [4.69, 9.17) is 10.5 Å². The molecule has 0 saturated heterocycles. The van der Waals surface area contributed by atoms with E-state index in [1.165, 1.54) is 0 Å². The zero-order valence-corrected chi connectivity index (χ0v) is 15.1. The lowest BCUT2D eigenvalue weighted by molar-refractivity contribution is -0.149. The van der Waals surface area contributed by atoms with Gasteiger partial charge in [0.2, 0.25) is 5.78 Å².